The zero-order chi connectivity index (χ0) is 15.2. The average molecular weight is 289 g/mol. The van der Waals surface area contributed by atoms with Gasteiger partial charge in [0.15, 0.2) is 0 Å². The van der Waals surface area contributed by atoms with Gasteiger partial charge in [-0.25, -0.2) is 4.98 Å². The molecular formula is C15H23N5O. The Hall–Kier alpha value is -1.92. The lowest BCUT2D eigenvalue weighted by Gasteiger charge is -2.29. The standard InChI is InChI=1S/C15H23N5O/c1-21-14-4-3-11(9-19-14)15(18)12-10-20(7-2-6-16)8-5-13(12)17/h3-4,9,18H,2,5-8,10,16-17H2,1H3. The Morgan fingerprint density at radius 1 is 1.48 bits per heavy atom. The summed E-state index contributed by atoms with van der Waals surface area (Å²) >= 11 is 0. The summed E-state index contributed by atoms with van der Waals surface area (Å²) in [5.41, 5.74) is 14.6. The second-order valence-corrected chi connectivity index (χ2v) is 5.14. The summed E-state index contributed by atoms with van der Waals surface area (Å²) in [7, 11) is 1.57. The van der Waals surface area contributed by atoms with Crippen LogP contribution < -0.4 is 16.2 Å². The summed E-state index contributed by atoms with van der Waals surface area (Å²) in [4.78, 5) is 6.45. The number of nitrogens with zero attached hydrogens (tertiary/aromatic N) is 2. The second kappa shape index (κ2) is 7.19. The van der Waals surface area contributed by atoms with Crippen molar-refractivity contribution in [3.8, 4) is 5.88 Å². The minimum atomic E-state index is 0.445. The van der Waals surface area contributed by atoms with Gasteiger partial charge in [-0.05, 0) is 25.6 Å². The highest BCUT2D eigenvalue weighted by Crippen LogP contribution is 2.19. The molecule has 21 heavy (non-hydrogen) atoms. The largest absolute Gasteiger partial charge is 0.481 e. The fourth-order valence-corrected chi connectivity index (χ4v) is 2.40. The summed E-state index contributed by atoms with van der Waals surface area (Å²) in [6.07, 6.45) is 3.41. The number of aromatic nitrogens is 1. The third-order valence-corrected chi connectivity index (χ3v) is 3.68. The fraction of sp³-hybridized carbons (Fsp3) is 0.467. The van der Waals surface area contributed by atoms with Gasteiger partial charge in [0.25, 0.3) is 0 Å². The van der Waals surface area contributed by atoms with Gasteiger partial charge in [-0.1, -0.05) is 0 Å². The van der Waals surface area contributed by atoms with Crippen LogP contribution in [0.1, 0.15) is 18.4 Å². The topological polar surface area (TPSA) is 101 Å². The van der Waals surface area contributed by atoms with E-state index in [-0.39, 0.29) is 0 Å². The lowest BCUT2D eigenvalue weighted by Crippen LogP contribution is -2.37. The summed E-state index contributed by atoms with van der Waals surface area (Å²) in [6, 6.07) is 3.60. The lowest BCUT2D eigenvalue weighted by molar-refractivity contribution is 0.287. The molecule has 0 bridgehead atoms. The summed E-state index contributed by atoms with van der Waals surface area (Å²) < 4.78 is 5.04. The van der Waals surface area contributed by atoms with E-state index in [0.29, 0.717) is 24.7 Å². The van der Waals surface area contributed by atoms with Gasteiger partial charge in [0.2, 0.25) is 5.88 Å². The predicted molar refractivity (Wildman–Crippen MR) is 83.6 cm³/mol. The van der Waals surface area contributed by atoms with Crippen molar-refractivity contribution >= 4 is 5.71 Å². The van der Waals surface area contributed by atoms with Crippen LogP contribution >= 0.6 is 0 Å². The monoisotopic (exact) mass is 289 g/mol. The van der Waals surface area contributed by atoms with Gasteiger partial charge in [0.1, 0.15) is 0 Å². The molecule has 0 aromatic carbocycles. The zero-order valence-corrected chi connectivity index (χ0v) is 12.4. The SMILES string of the molecule is COc1ccc(C(=N)C2=C(N)CCN(CCCN)C2)cn1. The Morgan fingerprint density at radius 3 is 2.90 bits per heavy atom. The molecule has 114 valence electrons. The number of hydrogen-bond acceptors (Lipinski definition) is 6. The van der Waals surface area contributed by atoms with E-state index in [9.17, 15) is 0 Å². The van der Waals surface area contributed by atoms with E-state index in [4.69, 9.17) is 21.6 Å². The molecule has 6 heteroatoms. The number of hydrogen-bond donors (Lipinski definition) is 3. The third-order valence-electron chi connectivity index (χ3n) is 3.68. The molecule has 1 aromatic heterocycles. The van der Waals surface area contributed by atoms with E-state index in [2.05, 4.69) is 9.88 Å². The van der Waals surface area contributed by atoms with E-state index >= 15 is 0 Å². The lowest BCUT2D eigenvalue weighted by atomic mass is 9.97. The van der Waals surface area contributed by atoms with Gasteiger partial charge in [-0.15, -0.1) is 0 Å². The Morgan fingerprint density at radius 2 is 2.29 bits per heavy atom. The van der Waals surface area contributed by atoms with Crippen molar-refractivity contribution in [2.45, 2.75) is 12.8 Å². The molecule has 0 unspecified atom stereocenters. The van der Waals surface area contributed by atoms with Crippen molar-refractivity contribution in [1.29, 1.82) is 5.41 Å². The van der Waals surface area contributed by atoms with E-state index < -0.39 is 0 Å². The van der Waals surface area contributed by atoms with Crippen LogP contribution in [0, 0.1) is 5.41 Å². The van der Waals surface area contributed by atoms with Gasteiger partial charge < -0.3 is 16.2 Å². The van der Waals surface area contributed by atoms with Crippen molar-refractivity contribution in [2.75, 3.05) is 33.3 Å². The number of methoxy groups -OCH3 is 1. The molecule has 1 aliphatic heterocycles. The van der Waals surface area contributed by atoms with Crippen LogP contribution in [0.4, 0.5) is 0 Å². The van der Waals surface area contributed by atoms with Crippen LogP contribution in [0.5, 0.6) is 5.88 Å². The van der Waals surface area contributed by atoms with Crippen molar-refractivity contribution in [2.24, 2.45) is 11.5 Å². The maximum absolute atomic E-state index is 8.38. The number of nitrogens with one attached hydrogen (secondary N) is 1. The number of pyridine rings is 1. The van der Waals surface area contributed by atoms with Crippen molar-refractivity contribution in [3.63, 3.8) is 0 Å². The van der Waals surface area contributed by atoms with Crippen LogP contribution in [0.3, 0.4) is 0 Å². The average Bonchev–Trinajstić information content (AvgIpc) is 2.53. The molecule has 0 saturated heterocycles. The Labute approximate surface area is 125 Å². The van der Waals surface area contributed by atoms with Crippen molar-refractivity contribution in [3.05, 3.63) is 35.2 Å². The van der Waals surface area contributed by atoms with Crippen LogP contribution in [-0.2, 0) is 0 Å². The number of ether oxygens (including phenoxy) is 1. The first-order valence-corrected chi connectivity index (χ1v) is 7.15. The van der Waals surface area contributed by atoms with Crippen molar-refractivity contribution < 1.29 is 4.74 Å². The highest BCUT2D eigenvalue weighted by Gasteiger charge is 2.21. The van der Waals surface area contributed by atoms with Crippen LogP contribution in [0.25, 0.3) is 0 Å². The predicted octanol–water partition coefficient (Wildman–Crippen LogP) is 0.725. The van der Waals surface area contributed by atoms with Gasteiger partial charge in [0.05, 0.1) is 12.8 Å². The van der Waals surface area contributed by atoms with Crippen LogP contribution in [0.15, 0.2) is 29.6 Å². The molecule has 0 atom stereocenters. The maximum atomic E-state index is 8.38. The number of rotatable bonds is 6. The molecule has 0 radical (unpaired) electrons. The van der Waals surface area contributed by atoms with Crippen molar-refractivity contribution in [1.82, 2.24) is 9.88 Å². The minimum absolute atomic E-state index is 0.445. The molecule has 1 aromatic rings. The summed E-state index contributed by atoms with van der Waals surface area (Å²) in [6.45, 7) is 3.27. The molecule has 0 fully saturated rings. The fourth-order valence-electron chi connectivity index (χ4n) is 2.40. The van der Waals surface area contributed by atoms with Crippen LogP contribution in [-0.4, -0.2) is 48.9 Å². The van der Waals surface area contributed by atoms with Gasteiger partial charge in [-0.3, -0.25) is 10.3 Å². The van der Waals surface area contributed by atoms with E-state index in [0.717, 1.165) is 42.8 Å². The van der Waals surface area contributed by atoms with E-state index in [1.54, 1.807) is 19.4 Å². The normalized spacial score (nSPS) is 16.1. The van der Waals surface area contributed by atoms with E-state index in [1.807, 2.05) is 6.07 Å². The highest BCUT2D eigenvalue weighted by molar-refractivity contribution is 6.11. The first-order chi connectivity index (χ1) is 10.2. The Bertz CT molecular complexity index is 523. The zero-order valence-electron chi connectivity index (χ0n) is 12.4. The molecule has 5 N–H and O–H groups in total. The second-order valence-electron chi connectivity index (χ2n) is 5.14. The Balaban J connectivity index is 2.12. The molecule has 0 saturated carbocycles. The van der Waals surface area contributed by atoms with E-state index in [1.165, 1.54) is 0 Å². The first-order valence-electron chi connectivity index (χ1n) is 7.15. The van der Waals surface area contributed by atoms with Gasteiger partial charge >= 0.3 is 0 Å². The smallest absolute Gasteiger partial charge is 0.212 e. The number of nitrogens with two attached hydrogens (primary N) is 2. The summed E-state index contributed by atoms with van der Waals surface area (Å²) in [5, 5.41) is 8.38. The minimum Gasteiger partial charge on any atom is -0.481 e. The molecule has 0 aliphatic carbocycles. The highest BCUT2D eigenvalue weighted by atomic mass is 16.5. The molecule has 0 spiro atoms. The van der Waals surface area contributed by atoms with Crippen LogP contribution in [0.2, 0.25) is 0 Å². The molecule has 6 nitrogen and oxygen atoms in total. The quantitative estimate of drug-likeness (QED) is 0.670. The summed E-state index contributed by atoms with van der Waals surface area (Å²) in [5.74, 6) is 0.543. The third kappa shape index (κ3) is 3.80. The molecule has 0 amide bonds. The molecule has 1 aliphatic rings. The Kier molecular flexibility index (Phi) is 5.30. The van der Waals surface area contributed by atoms with Gasteiger partial charge in [-0.2, -0.15) is 0 Å². The molecule has 2 heterocycles. The first kappa shape index (κ1) is 15.5. The molecular weight excluding hydrogens is 266 g/mol. The molecule has 2 rings (SSSR count). The maximum Gasteiger partial charge on any atom is 0.212 e. The van der Waals surface area contributed by atoms with Gasteiger partial charge in [0, 0.05) is 48.6 Å².